The summed E-state index contributed by atoms with van der Waals surface area (Å²) in [6, 6.07) is 9.20. The van der Waals surface area contributed by atoms with Gasteiger partial charge in [0.1, 0.15) is 0 Å². The molecule has 0 aromatic heterocycles. The first-order valence-corrected chi connectivity index (χ1v) is 8.27. The molecule has 124 valence electrons. The van der Waals surface area contributed by atoms with E-state index in [4.69, 9.17) is 9.47 Å². The van der Waals surface area contributed by atoms with Crippen molar-refractivity contribution in [3.05, 3.63) is 35.9 Å². The van der Waals surface area contributed by atoms with Gasteiger partial charge in [-0.25, -0.2) is 0 Å². The number of hydrogen-bond donors (Lipinski definition) is 0. The van der Waals surface area contributed by atoms with Crippen molar-refractivity contribution in [2.75, 3.05) is 32.8 Å². The summed E-state index contributed by atoms with van der Waals surface area (Å²) < 4.78 is 11.4. The highest BCUT2D eigenvalue weighted by molar-refractivity contribution is 5.98. The van der Waals surface area contributed by atoms with Crippen molar-refractivity contribution in [1.29, 1.82) is 0 Å². The van der Waals surface area contributed by atoms with Crippen molar-refractivity contribution < 1.29 is 14.3 Å². The van der Waals surface area contributed by atoms with Crippen LogP contribution >= 0.6 is 0 Å². The zero-order valence-electron chi connectivity index (χ0n) is 14.1. The van der Waals surface area contributed by atoms with Crippen LogP contribution in [0.25, 0.3) is 0 Å². The fraction of sp³-hybridized carbons (Fsp3) is 0.611. The summed E-state index contributed by atoms with van der Waals surface area (Å²) in [6.07, 6.45) is 1.16. The second kappa shape index (κ2) is 11.4. The first kappa shape index (κ1) is 18.8. The lowest BCUT2D eigenvalue weighted by atomic mass is 10.1. The van der Waals surface area contributed by atoms with E-state index in [0.29, 0.717) is 18.8 Å². The normalized spacial score (nSPS) is 12.5. The average Bonchev–Trinajstić information content (AvgIpc) is 2.57. The molecule has 22 heavy (non-hydrogen) atoms. The van der Waals surface area contributed by atoms with Gasteiger partial charge in [0.25, 0.3) is 0 Å². The Morgan fingerprint density at radius 3 is 2.27 bits per heavy atom. The molecule has 0 aliphatic heterocycles. The number of unbranched alkanes of at least 4 members (excludes halogenated alkanes) is 1. The molecule has 0 heterocycles. The third-order valence-corrected chi connectivity index (χ3v) is 3.61. The fourth-order valence-corrected chi connectivity index (χ4v) is 2.10. The van der Waals surface area contributed by atoms with Gasteiger partial charge in [0, 0.05) is 12.1 Å². The standard InChI is InChI=1S/C18H29NO3/c1-4-7-14-21-18(22-15-13-19(5-2)6-3)17(20)16-11-9-8-10-12-16/h8-12,18H,4-7,13-15H2,1-3H3. The van der Waals surface area contributed by atoms with Crippen LogP contribution in [0.3, 0.4) is 0 Å². The fourth-order valence-electron chi connectivity index (χ4n) is 2.10. The van der Waals surface area contributed by atoms with E-state index >= 15 is 0 Å². The zero-order chi connectivity index (χ0) is 16.2. The van der Waals surface area contributed by atoms with Crippen molar-refractivity contribution >= 4 is 5.78 Å². The lowest BCUT2D eigenvalue weighted by Gasteiger charge is -2.21. The molecule has 0 N–H and O–H groups in total. The van der Waals surface area contributed by atoms with E-state index in [1.54, 1.807) is 12.1 Å². The molecule has 0 aliphatic rings. The summed E-state index contributed by atoms with van der Waals surface area (Å²) in [7, 11) is 0. The zero-order valence-corrected chi connectivity index (χ0v) is 14.1. The molecule has 0 aliphatic carbocycles. The predicted octanol–water partition coefficient (Wildman–Crippen LogP) is 3.37. The molecule has 1 aromatic carbocycles. The van der Waals surface area contributed by atoms with E-state index in [0.717, 1.165) is 32.5 Å². The number of carbonyl (C=O) groups excluding carboxylic acids is 1. The van der Waals surface area contributed by atoms with Crippen LogP contribution in [0.15, 0.2) is 30.3 Å². The van der Waals surface area contributed by atoms with E-state index in [2.05, 4.69) is 25.7 Å². The first-order valence-electron chi connectivity index (χ1n) is 8.27. The number of Topliss-reactive ketones (excluding diaryl/α,β-unsaturated/α-hetero) is 1. The van der Waals surface area contributed by atoms with Gasteiger partial charge < -0.3 is 14.4 Å². The molecule has 1 aromatic rings. The van der Waals surface area contributed by atoms with Crippen LogP contribution in [-0.4, -0.2) is 49.8 Å². The molecule has 0 saturated heterocycles. The van der Waals surface area contributed by atoms with E-state index in [1.807, 2.05) is 18.2 Å². The number of hydrogen-bond acceptors (Lipinski definition) is 4. The lowest BCUT2D eigenvalue weighted by Crippen LogP contribution is -2.33. The summed E-state index contributed by atoms with van der Waals surface area (Å²) in [6.45, 7) is 10.1. The number of ether oxygens (including phenoxy) is 2. The Balaban J connectivity index is 2.57. The molecule has 1 rings (SSSR count). The summed E-state index contributed by atoms with van der Waals surface area (Å²) in [5, 5.41) is 0. The second-order valence-electron chi connectivity index (χ2n) is 5.18. The Morgan fingerprint density at radius 1 is 1.05 bits per heavy atom. The number of rotatable bonds is 12. The van der Waals surface area contributed by atoms with Crippen LogP contribution in [-0.2, 0) is 9.47 Å². The van der Waals surface area contributed by atoms with Crippen LogP contribution in [0, 0.1) is 0 Å². The van der Waals surface area contributed by atoms with Gasteiger partial charge in [-0.1, -0.05) is 57.5 Å². The highest BCUT2D eigenvalue weighted by atomic mass is 16.7. The molecule has 0 amide bonds. The minimum atomic E-state index is -0.801. The molecular weight excluding hydrogens is 278 g/mol. The summed E-state index contributed by atoms with van der Waals surface area (Å²) in [5.41, 5.74) is 0.631. The quantitative estimate of drug-likeness (QED) is 0.337. The van der Waals surface area contributed by atoms with Gasteiger partial charge in [-0.3, -0.25) is 4.79 Å². The molecule has 0 saturated carbocycles. The highest BCUT2D eigenvalue weighted by Gasteiger charge is 2.21. The molecular formula is C18H29NO3. The third kappa shape index (κ3) is 6.69. The van der Waals surface area contributed by atoms with Crippen LogP contribution in [0.1, 0.15) is 44.0 Å². The molecule has 1 unspecified atom stereocenters. The van der Waals surface area contributed by atoms with Crippen molar-refractivity contribution in [2.24, 2.45) is 0 Å². The van der Waals surface area contributed by atoms with Gasteiger partial charge in [0.05, 0.1) is 13.2 Å². The molecule has 0 bridgehead atoms. The second-order valence-corrected chi connectivity index (χ2v) is 5.18. The monoisotopic (exact) mass is 307 g/mol. The third-order valence-electron chi connectivity index (χ3n) is 3.61. The van der Waals surface area contributed by atoms with Gasteiger partial charge >= 0.3 is 0 Å². The van der Waals surface area contributed by atoms with Crippen molar-refractivity contribution in [3.63, 3.8) is 0 Å². The van der Waals surface area contributed by atoms with Gasteiger partial charge in [-0.2, -0.15) is 0 Å². The largest absolute Gasteiger partial charge is 0.346 e. The van der Waals surface area contributed by atoms with Gasteiger partial charge in [-0.15, -0.1) is 0 Å². The summed E-state index contributed by atoms with van der Waals surface area (Å²) in [5.74, 6) is -0.101. The minimum Gasteiger partial charge on any atom is -0.346 e. The Labute approximate surface area is 134 Å². The van der Waals surface area contributed by atoms with E-state index in [1.165, 1.54) is 0 Å². The first-order chi connectivity index (χ1) is 10.7. The lowest BCUT2D eigenvalue weighted by molar-refractivity contribution is -0.117. The molecule has 4 nitrogen and oxygen atoms in total. The Morgan fingerprint density at radius 2 is 1.68 bits per heavy atom. The topological polar surface area (TPSA) is 38.8 Å². The summed E-state index contributed by atoms with van der Waals surface area (Å²) >= 11 is 0. The minimum absolute atomic E-state index is 0.101. The number of nitrogens with zero attached hydrogens (tertiary/aromatic N) is 1. The number of likely N-dealkylation sites (N-methyl/N-ethyl adjacent to an activating group) is 1. The van der Waals surface area contributed by atoms with Gasteiger partial charge in [0.15, 0.2) is 0 Å². The van der Waals surface area contributed by atoms with Crippen molar-refractivity contribution in [3.8, 4) is 0 Å². The molecule has 0 radical (unpaired) electrons. The van der Waals surface area contributed by atoms with Crippen molar-refractivity contribution in [2.45, 2.75) is 39.9 Å². The summed E-state index contributed by atoms with van der Waals surface area (Å²) in [4.78, 5) is 14.8. The predicted molar refractivity (Wildman–Crippen MR) is 89.2 cm³/mol. The number of ketones is 1. The molecule has 4 heteroatoms. The van der Waals surface area contributed by atoms with Gasteiger partial charge in [-0.05, 0) is 19.5 Å². The smallest absolute Gasteiger partial charge is 0.222 e. The van der Waals surface area contributed by atoms with E-state index in [9.17, 15) is 4.79 Å². The highest BCUT2D eigenvalue weighted by Crippen LogP contribution is 2.09. The van der Waals surface area contributed by atoms with E-state index < -0.39 is 6.29 Å². The van der Waals surface area contributed by atoms with Gasteiger partial charge in [0.2, 0.25) is 12.1 Å². The van der Waals surface area contributed by atoms with Crippen LogP contribution in [0.2, 0.25) is 0 Å². The average molecular weight is 307 g/mol. The Bertz CT molecular complexity index is 404. The SMILES string of the molecule is CCCCOC(OCCN(CC)CC)C(=O)c1ccccc1. The number of benzene rings is 1. The molecule has 0 spiro atoms. The Kier molecular flexibility index (Phi) is 9.71. The number of carbonyl (C=O) groups is 1. The van der Waals surface area contributed by atoms with Crippen LogP contribution in [0.4, 0.5) is 0 Å². The molecule has 0 fully saturated rings. The van der Waals surface area contributed by atoms with Crippen molar-refractivity contribution in [1.82, 2.24) is 4.90 Å². The molecule has 1 atom stereocenters. The maximum absolute atomic E-state index is 12.5. The Hall–Kier alpha value is -1.23. The van der Waals surface area contributed by atoms with Crippen LogP contribution < -0.4 is 0 Å². The maximum Gasteiger partial charge on any atom is 0.222 e. The van der Waals surface area contributed by atoms with Crippen LogP contribution in [0.5, 0.6) is 0 Å². The maximum atomic E-state index is 12.5. The van der Waals surface area contributed by atoms with E-state index in [-0.39, 0.29) is 5.78 Å².